The Bertz CT molecular complexity index is 1260. The molecule has 0 unspecified atom stereocenters. The number of aromatic nitrogens is 4. The van der Waals surface area contributed by atoms with E-state index >= 15 is 8.78 Å². The molecule has 0 aliphatic heterocycles. The van der Waals surface area contributed by atoms with Crippen LogP contribution in [-0.2, 0) is 12.8 Å². The maximum atomic E-state index is 15.0. The standard InChI is InChI=1S/C22H18F6N4S2/c1-3-5-7-9-29-31-21(33-9)13-11-12(16(24)19(27)17(13)25)14(18(26)20(28)15(11)23)22-32-30-10(34-22)8-6-4-2/h3-8H2,1-2H3. The molecule has 12 heteroatoms. The molecule has 2 heterocycles. The Morgan fingerprint density at radius 1 is 0.529 bits per heavy atom. The number of benzene rings is 2. The third kappa shape index (κ3) is 4.17. The molecule has 34 heavy (non-hydrogen) atoms. The molecular formula is C22H18F6N4S2. The van der Waals surface area contributed by atoms with Gasteiger partial charge in [0.05, 0.1) is 11.1 Å². The molecule has 4 nitrogen and oxygen atoms in total. The summed E-state index contributed by atoms with van der Waals surface area (Å²) in [6, 6.07) is 0. The van der Waals surface area contributed by atoms with Gasteiger partial charge in [0.15, 0.2) is 44.9 Å². The van der Waals surface area contributed by atoms with Crippen molar-refractivity contribution in [1.29, 1.82) is 0 Å². The Morgan fingerprint density at radius 3 is 1.26 bits per heavy atom. The highest BCUT2D eigenvalue weighted by molar-refractivity contribution is 7.15. The predicted octanol–water partition coefficient (Wildman–Crippen LogP) is 7.40. The molecule has 180 valence electrons. The first kappa shape index (κ1) is 24.5. The summed E-state index contributed by atoms with van der Waals surface area (Å²) in [5, 5.41) is 13.8. The van der Waals surface area contributed by atoms with Crippen LogP contribution in [0.1, 0.15) is 49.5 Å². The van der Waals surface area contributed by atoms with E-state index in [-0.39, 0.29) is 10.0 Å². The molecule has 0 aliphatic carbocycles. The third-order valence-electron chi connectivity index (χ3n) is 5.25. The van der Waals surface area contributed by atoms with Gasteiger partial charge in [-0.25, -0.2) is 26.3 Å². The first-order valence-electron chi connectivity index (χ1n) is 10.6. The Balaban J connectivity index is 2.04. The minimum atomic E-state index is -1.96. The number of nitrogens with zero attached hydrogens (tertiary/aromatic N) is 4. The van der Waals surface area contributed by atoms with Crippen LogP contribution in [0.3, 0.4) is 0 Å². The minimum Gasteiger partial charge on any atom is -0.203 e. The normalized spacial score (nSPS) is 11.6. The molecule has 0 amide bonds. The molecule has 4 aromatic rings. The van der Waals surface area contributed by atoms with Crippen molar-refractivity contribution < 1.29 is 26.3 Å². The van der Waals surface area contributed by atoms with Gasteiger partial charge in [0, 0.05) is 23.6 Å². The quantitative estimate of drug-likeness (QED) is 0.181. The fraction of sp³-hybridized carbons (Fsp3) is 0.364. The lowest BCUT2D eigenvalue weighted by Crippen LogP contribution is -2.05. The maximum absolute atomic E-state index is 15.0. The van der Waals surface area contributed by atoms with Gasteiger partial charge in [0.25, 0.3) is 0 Å². The molecule has 2 aromatic carbocycles. The molecule has 2 aromatic heterocycles. The van der Waals surface area contributed by atoms with Gasteiger partial charge in [-0.1, -0.05) is 49.4 Å². The van der Waals surface area contributed by atoms with Crippen LogP contribution in [0.5, 0.6) is 0 Å². The average Bonchev–Trinajstić information content (AvgIpc) is 3.49. The second kappa shape index (κ2) is 9.95. The Kier molecular flexibility index (Phi) is 7.17. The summed E-state index contributed by atoms with van der Waals surface area (Å²) in [4.78, 5) is 0. The van der Waals surface area contributed by atoms with E-state index in [0.29, 0.717) is 22.9 Å². The molecule has 0 radical (unpaired) electrons. The summed E-state index contributed by atoms with van der Waals surface area (Å²) in [6.07, 6.45) is 4.12. The van der Waals surface area contributed by atoms with Crippen LogP contribution in [0.25, 0.3) is 31.9 Å². The summed E-state index contributed by atoms with van der Waals surface area (Å²) in [5.41, 5.74) is -1.63. The molecule has 0 fully saturated rings. The summed E-state index contributed by atoms with van der Waals surface area (Å²) in [7, 11) is 0. The third-order valence-corrected chi connectivity index (χ3v) is 7.25. The SMILES string of the molecule is CCCCc1nnc(-c2c(F)c(F)c(F)c3c(-c4nnc(CCCC)s4)c(F)c(F)c(F)c23)s1. The molecular weight excluding hydrogens is 498 g/mol. The lowest BCUT2D eigenvalue weighted by atomic mass is 9.97. The van der Waals surface area contributed by atoms with E-state index in [9.17, 15) is 17.6 Å². The minimum absolute atomic E-state index is 0.274. The molecule has 0 bridgehead atoms. The van der Waals surface area contributed by atoms with E-state index in [1.54, 1.807) is 0 Å². The number of halogens is 6. The number of fused-ring (bicyclic) bond motifs is 1. The van der Waals surface area contributed by atoms with Crippen molar-refractivity contribution in [2.24, 2.45) is 0 Å². The number of unbranched alkanes of at least 4 members (excludes halogenated alkanes) is 2. The van der Waals surface area contributed by atoms with E-state index < -0.39 is 56.8 Å². The van der Waals surface area contributed by atoms with Crippen LogP contribution in [0.2, 0.25) is 0 Å². The Hall–Kier alpha value is -2.60. The molecule has 4 rings (SSSR count). The average molecular weight is 517 g/mol. The second-order valence-corrected chi connectivity index (χ2v) is 9.72. The van der Waals surface area contributed by atoms with Crippen LogP contribution < -0.4 is 0 Å². The molecule has 0 saturated carbocycles. The summed E-state index contributed by atoms with van der Waals surface area (Å²) < 4.78 is 89.3. The van der Waals surface area contributed by atoms with E-state index in [4.69, 9.17) is 0 Å². The van der Waals surface area contributed by atoms with E-state index in [2.05, 4.69) is 20.4 Å². The zero-order valence-corrected chi connectivity index (χ0v) is 19.7. The molecule has 0 saturated heterocycles. The number of hydrogen-bond donors (Lipinski definition) is 0. The second-order valence-electron chi connectivity index (χ2n) is 7.59. The highest BCUT2D eigenvalue weighted by Crippen LogP contribution is 2.44. The topological polar surface area (TPSA) is 51.6 Å². The van der Waals surface area contributed by atoms with Gasteiger partial charge >= 0.3 is 0 Å². The molecule has 0 atom stereocenters. The highest BCUT2D eigenvalue weighted by atomic mass is 32.1. The van der Waals surface area contributed by atoms with Crippen molar-refractivity contribution in [2.75, 3.05) is 0 Å². The van der Waals surface area contributed by atoms with Crippen molar-refractivity contribution in [3.8, 4) is 21.1 Å². The van der Waals surface area contributed by atoms with Gasteiger partial charge in [0.2, 0.25) is 0 Å². The summed E-state index contributed by atoms with van der Waals surface area (Å²) in [6.45, 7) is 3.89. The van der Waals surface area contributed by atoms with Crippen LogP contribution in [0.15, 0.2) is 0 Å². The zero-order valence-electron chi connectivity index (χ0n) is 18.1. The van der Waals surface area contributed by atoms with Gasteiger partial charge in [-0.3, -0.25) is 0 Å². The Labute approximate surface area is 198 Å². The fourth-order valence-electron chi connectivity index (χ4n) is 3.51. The van der Waals surface area contributed by atoms with Crippen molar-refractivity contribution in [2.45, 2.75) is 52.4 Å². The van der Waals surface area contributed by atoms with Crippen molar-refractivity contribution >= 4 is 33.4 Å². The van der Waals surface area contributed by atoms with Crippen molar-refractivity contribution in [3.63, 3.8) is 0 Å². The maximum Gasteiger partial charge on any atom is 0.195 e. The van der Waals surface area contributed by atoms with Gasteiger partial charge in [-0.15, -0.1) is 20.4 Å². The van der Waals surface area contributed by atoms with Crippen molar-refractivity contribution in [1.82, 2.24) is 20.4 Å². The van der Waals surface area contributed by atoms with Crippen LogP contribution in [-0.4, -0.2) is 20.4 Å². The zero-order chi connectivity index (χ0) is 24.6. The molecule has 0 spiro atoms. The number of rotatable bonds is 8. The fourth-order valence-corrected chi connectivity index (χ4v) is 5.36. The summed E-state index contributed by atoms with van der Waals surface area (Å²) in [5.74, 6) is -11.2. The van der Waals surface area contributed by atoms with E-state index in [0.717, 1.165) is 48.4 Å². The van der Waals surface area contributed by atoms with E-state index in [1.165, 1.54) is 0 Å². The van der Waals surface area contributed by atoms with Crippen molar-refractivity contribution in [3.05, 3.63) is 44.9 Å². The molecule has 0 N–H and O–H groups in total. The smallest absolute Gasteiger partial charge is 0.195 e. The lowest BCUT2D eigenvalue weighted by Gasteiger charge is -2.14. The van der Waals surface area contributed by atoms with Gasteiger partial charge in [0.1, 0.15) is 10.0 Å². The largest absolute Gasteiger partial charge is 0.203 e. The predicted molar refractivity (Wildman–Crippen MR) is 119 cm³/mol. The van der Waals surface area contributed by atoms with Crippen LogP contribution >= 0.6 is 22.7 Å². The van der Waals surface area contributed by atoms with Gasteiger partial charge < -0.3 is 0 Å². The first-order chi connectivity index (χ1) is 16.3. The molecule has 0 aliphatic rings. The van der Waals surface area contributed by atoms with E-state index in [1.807, 2.05) is 13.8 Å². The van der Waals surface area contributed by atoms with Crippen LogP contribution in [0.4, 0.5) is 26.3 Å². The Morgan fingerprint density at radius 2 is 0.912 bits per heavy atom. The van der Waals surface area contributed by atoms with Gasteiger partial charge in [-0.2, -0.15) is 0 Å². The van der Waals surface area contributed by atoms with Crippen LogP contribution in [0, 0.1) is 34.9 Å². The van der Waals surface area contributed by atoms with Gasteiger partial charge in [-0.05, 0) is 12.8 Å². The number of hydrogen-bond acceptors (Lipinski definition) is 6. The number of aryl methyl sites for hydroxylation is 2. The first-order valence-corrected chi connectivity index (χ1v) is 12.2. The monoisotopic (exact) mass is 516 g/mol. The lowest BCUT2D eigenvalue weighted by molar-refractivity contribution is 0.444. The highest BCUT2D eigenvalue weighted by Gasteiger charge is 2.33. The summed E-state index contributed by atoms with van der Waals surface area (Å²) >= 11 is 1.69.